The number of nitrogens with one attached hydrogen (secondary N) is 2. The van der Waals surface area contributed by atoms with E-state index in [0.717, 1.165) is 6.42 Å². The van der Waals surface area contributed by atoms with Crippen LogP contribution in [0.15, 0.2) is 0 Å². The molecule has 0 saturated carbocycles. The van der Waals surface area contributed by atoms with E-state index in [2.05, 4.69) is 10.6 Å². The van der Waals surface area contributed by atoms with Crippen molar-refractivity contribution < 1.29 is 9.59 Å². The molecular formula is C13H25N3O2. The Labute approximate surface area is 109 Å². The van der Waals surface area contributed by atoms with Crippen LogP contribution in [-0.2, 0) is 9.59 Å². The Morgan fingerprint density at radius 2 is 2.06 bits per heavy atom. The average molecular weight is 255 g/mol. The van der Waals surface area contributed by atoms with Crippen molar-refractivity contribution in [3.8, 4) is 0 Å². The second-order valence-corrected chi connectivity index (χ2v) is 6.22. The summed E-state index contributed by atoms with van der Waals surface area (Å²) < 4.78 is 0. The van der Waals surface area contributed by atoms with Crippen LogP contribution >= 0.6 is 0 Å². The van der Waals surface area contributed by atoms with Gasteiger partial charge in [-0.15, -0.1) is 0 Å². The Hall–Kier alpha value is -1.10. The van der Waals surface area contributed by atoms with Crippen LogP contribution in [0.5, 0.6) is 0 Å². The largest absolute Gasteiger partial charge is 0.350 e. The summed E-state index contributed by atoms with van der Waals surface area (Å²) in [6.45, 7) is 10.6. The molecule has 1 fully saturated rings. The predicted molar refractivity (Wildman–Crippen MR) is 71.2 cm³/mol. The summed E-state index contributed by atoms with van der Waals surface area (Å²) in [7, 11) is 0. The molecule has 1 unspecified atom stereocenters. The molecule has 2 N–H and O–H groups in total. The number of hydrogen-bond acceptors (Lipinski definition) is 3. The van der Waals surface area contributed by atoms with E-state index in [1.54, 1.807) is 4.90 Å². The molecule has 0 aliphatic carbocycles. The molecule has 0 spiro atoms. The van der Waals surface area contributed by atoms with E-state index in [9.17, 15) is 9.59 Å². The van der Waals surface area contributed by atoms with Crippen molar-refractivity contribution in [3.63, 3.8) is 0 Å². The number of amides is 2. The molecule has 1 aliphatic rings. The summed E-state index contributed by atoms with van der Waals surface area (Å²) in [6.07, 6.45) is 0.778. The molecule has 1 atom stereocenters. The van der Waals surface area contributed by atoms with E-state index in [0.29, 0.717) is 6.54 Å². The zero-order valence-corrected chi connectivity index (χ0v) is 12.0. The van der Waals surface area contributed by atoms with Crippen LogP contribution in [0.2, 0.25) is 0 Å². The molecule has 1 heterocycles. The van der Waals surface area contributed by atoms with Crippen molar-refractivity contribution in [3.05, 3.63) is 0 Å². The topological polar surface area (TPSA) is 61.4 Å². The standard InChI is InChI=1S/C13H25N3O2/c1-9(2)14-10-6-7-16(12(10)18)8-11(17)15-13(3,4)5/h9-10,14H,6-8H2,1-5H3,(H,15,17). The molecule has 1 rings (SSSR count). The summed E-state index contributed by atoms with van der Waals surface area (Å²) >= 11 is 0. The van der Waals surface area contributed by atoms with E-state index in [1.165, 1.54) is 0 Å². The molecule has 5 nitrogen and oxygen atoms in total. The Morgan fingerprint density at radius 3 is 2.56 bits per heavy atom. The third-order valence-electron chi connectivity index (χ3n) is 2.68. The fourth-order valence-corrected chi connectivity index (χ4v) is 2.08. The van der Waals surface area contributed by atoms with Crippen molar-refractivity contribution in [1.29, 1.82) is 0 Å². The van der Waals surface area contributed by atoms with E-state index < -0.39 is 0 Å². The molecular weight excluding hydrogens is 230 g/mol. The minimum absolute atomic E-state index is 0.0350. The maximum atomic E-state index is 12.0. The summed E-state index contributed by atoms with van der Waals surface area (Å²) in [6, 6.07) is 0.148. The van der Waals surface area contributed by atoms with Gasteiger partial charge in [-0.1, -0.05) is 13.8 Å². The SMILES string of the molecule is CC(C)NC1CCN(CC(=O)NC(C)(C)C)C1=O. The van der Waals surface area contributed by atoms with Crippen molar-refractivity contribution in [1.82, 2.24) is 15.5 Å². The summed E-state index contributed by atoms with van der Waals surface area (Å²) in [5, 5.41) is 6.09. The van der Waals surface area contributed by atoms with Crippen LogP contribution in [0.3, 0.4) is 0 Å². The molecule has 0 bridgehead atoms. The molecule has 1 aliphatic heterocycles. The maximum absolute atomic E-state index is 12.0. The van der Waals surface area contributed by atoms with Crippen LogP contribution in [-0.4, -0.2) is 47.4 Å². The highest BCUT2D eigenvalue weighted by Gasteiger charge is 2.33. The molecule has 0 radical (unpaired) electrons. The van der Waals surface area contributed by atoms with Gasteiger partial charge in [0, 0.05) is 18.1 Å². The highest BCUT2D eigenvalue weighted by atomic mass is 16.2. The highest BCUT2D eigenvalue weighted by Crippen LogP contribution is 2.11. The lowest BCUT2D eigenvalue weighted by Gasteiger charge is -2.23. The number of carbonyl (C=O) groups excluding carboxylic acids is 2. The van der Waals surface area contributed by atoms with Gasteiger partial charge in [0.05, 0.1) is 12.6 Å². The summed E-state index contributed by atoms with van der Waals surface area (Å²) in [4.78, 5) is 25.4. The molecule has 5 heteroatoms. The van der Waals surface area contributed by atoms with Crippen LogP contribution in [0.4, 0.5) is 0 Å². The first-order valence-corrected chi connectivity index (χ1v) is 6.55. The van der Waals surface area contributed by atoms with Crippen LogP contribution in [0.1, 0.15) is 41.0 Å². The van der Waals surface area contributed by atoms with Gasteiger partial charge in [-0.3, -0.25) is 9.59 Å². The molecule has 0 aromatic rings. The fourth-order valence-electron chi connectivity index (χ4n) is 2.08. The van der Waals surface area contributed by atoms with Gasteiger partial charge in [0.15, 0.2) is 0 Å². The summed E-state index contributed by atoms with van der Waals surface area (Å²) in [5.74, 6) is -0.0613. The lowest BCUT2D eigenvalue weighted by atomic mass is 10.1. The van der Waals surface area contributed by atoms with Crippen LogP contribution in [0, 0.1) is 0 Å². The van der Waals surface area contributed by atoms with Gasteiger partial charge in [0.1, 0.15) is 0 Å². The Balaban J connectivity index is 2.45. The Morgan fingerprint density at radius 1 is 1.44 bits per heavy atom. The monoisotopic (exact) mass is 255 g/mol. The highest BCUT2D eigenvalue weighted by molar-refractivity contribution is 5.89. The van der Waals surface area contributed by atoms with E-state index in [1.807, 2.05) is 34.6 Å². The molecule has 0 aromatic carbocycles. The van der Waals surface area contributed by atoms with Gasteiger partial charge in [-0.25, -0.2) is 0 Å². The van der Waals surface area contributed by atoms with E-state index in [4.69, 9.17) is 0 Å². The zero-order valence-electron chi connectivity index (χ0n) is 12.0. The fraction of sp³-hybridized carbons (Fsp3) is 0.846. The number of carbonyl (C=O) groups is 2. The molecule has 104 valence electrons. The van der Waals surface area contributed by atoms with Crippen molar-refractivity contribution in [2.45, 2.75) is 58.7 Å². The molecule has 18 heavy (non-hydrogen) atoms. The smallest absolute Gasteiger partial charge is 0.240 e. The van der Waals surface area contributed by atoms with Gasteiger partial charge in [0.25, 0.3) is 0 Å². The summed E-state index contributed by atoms with van der Waals surface area (Å²) in [5.41, 5.74) is -0.255. The quantitative estimate of drug-likeness (QED) is 0.769. The molecule has 1 saturated heterocycles. The van der Waals surface area contributed by atoms with Gasteiger partial charge >= 0.3 is 0 Å². The van der Waals surface area contributed by atoms with Crippen LogP contribution < -0.4 is 10.6 Å². The maximum Gasteiger partial charge on any atom is 0.240 e. The van der Waals surface area contributed by atoms with E-state index in [-0.39, 0.29) is 36.0 Å². The van der Waals surface area contributed by atoms with Gasteiger partial charge in [-0.2, -0.15) is 0 Å². The number of rotatable bonds is 4. The van der Waals surface area contributed by atoms with Gasteiger partial charge in [-0.05, 0) is 27.2 Å². The molecule has 2 amide bonds. The Kier molecular flexibility index (Phi) is 4.73. The first-order chi connectivity index (χ1) is 8.19. The second kappa shape index (κ2) is 5.69. The average Bonchev–Trinajstić information content (AvgIpc) is 2.46. The number of likely N-dealkylation sites (tertiary alicyclic amines) is 1. The third-order valence-corrected chi connectivity index (χ3v) is 2.68. The van der Waals surface area contributed by atoms with Crippen molar-refractivity contribution in [2.75, 3.05) is 13.1 Å². The number of hydrogen-bond donors (Lipinski definition) is 2. The minimum Gasteiger partial charge on any atom is -0.350 e. The minimum atomic E-state index is -0.255. The predicted octanol–water partition coefficient (Wildman–Crippen LogP) is 0.500. The lowest BCUT2D eigenvalue weighted by Crippen LogP contribution is -2.48. The van der Waals surface area contributed by atoms with Gasteiger partial charge in [0.2, 0.25) is 11.8 Å². The second-order valence-electron chi connectivity index (χ2n) is 6.22. The molecule has 0 aromatic heterocycles. The Bertz CT molecular complexity index is 321. The van der Waals surface area contributed by atoms with Crippen LogP contribution in [0.25, 0.3) is 0 Å². The first-order valence-electron chi connectivity index (χ1n) is 6.55. The number of nitrogens with zero attached hydrogens (tertiary/aromatic N) is 1. The first kappa shape index (κ1) is 15.0. The van der Waals surface area contributed by atoms with Crippen molar-refractivity contribution in [2.24, 2.45) is 0 Å². The van der Waals surface area contributed by atoms with E-state index >= 15 is 0 Å². The third kappa shape index (κ3) is 4.64. The van der Waals surface area contributed by atoms with Gasteiger partial charge < -0.3 is 15.5 Å². The van der Waals surface area contributed by atoms with Crippen molar-refractivity contribution >= 4 is 11.8 Å². The lowest BCUT2D eigenvalue weighted by molar-refractivity contribution is -0.134. The zero-order chi connectivity index (χ0) is 13.9. The normalized spacial score (nSPS) is 20.7.